The number of aromatic nitrogens is 2. The van der Waals surface area contributed by atoms with Crippen molar-refractivity contribution in [3.05, 3.63) is 198 Å². The third-order valence-corrected chi connectivity index (χ3v) is 10.9. The summed E-state index contributed by atoms with van der Waals surface area (Å²) in [5.74, 6) is 0.276. The summed E-state index contributed by atoms with van der Waals surface area (Å²) in [6.07, 6.45) is 9.25. The zero-order chi connectivity index (χ0) is 37.6. The molecule has 1 aliphatic rings. The molecule has 9 aromatic rings. The van der Waals surface area contributed by atoms with Gasteiger partial charge in [0.1, 0.15) is 5.84 Å². The number of hydrogen-bond donors (Lipinski definition) is 1. The number of allylic oxidation sites excluding steroid dienone is 5. The normalized spacial score (nSPS) is 13.6. The van der Waals surface area contributed by atoms with Crippen molar-refractivity contribution in [2.24, 2.45) is 10.7 Å². The highest BCUT2D eigenvalue weighted by Gasteiger charge is 2.22. The Hall–Kier alpha value is -7.60. The van der Waals surface area contributed by atoms with Crippen molar-refractivity contribution in [2.45, 2.75) is 19.3 Å². The molecule has 0 radical (unpaired) electrons. The zero-order valence-corrected chi connectivity index (χ0v) is 30.6. The van der Waals surface area contributed by atoms with Crippen molar-refractivity contribution in [2.75, 3.05) is 0 Å². The number of nitriles is 1. The summed E-state index contributed by atoms with van der Waals surface area (Å²) in [6, 6.07) is 58.9. The van der Waals surface area contributed by atoms with Crippen LogP contribution in [0.1, 0.15) is 29.5 Å². The standard InChI is InChI=1S/C51H35N5/c52-33-39(50(54-51(53)35-16-4-1-5-17-35)38-28-27-34-15-10-11-18-36(34)29-38)30-37-19-14-26-46-49(37)44-32-47-43(31-48(44)56(46)41-22-8-3-9-23-41)42-24-12-13-25-45(42)55(47)40-20-6-2-7-21-40/h1,3-4,6,8-16,18-29,31-32H,2,7,30H2,(H2,53,54)/b50-39+. The Morgan fingerprint density at radius 1 is 0.696 bits per heavy atom. The summed E-state index contributed by atoms with van der Waals surface area (Å²) >= 11 is 0. The van der Waals surface area contributed by atoms with E-state index in [1.807, 2.05) is 30.3 Å². The maximum atomic E-state index is 11.0. The Labute approximate surface area is 324 Å². The second-order valence-electron chi connectivity index (χ2n) is 14.2. The molecule has 56 heavy (non-hydrogen) atoms. The van der Waals surface area contributed by atoms with Gasteiger partial charge in [0.2, 0.25) is 0 Å². The lowest BCUT2D eigenvalue weighted by Gasteiger charge is -2.12. The van der Waals surface area contributed by atoms with Crippen molar-refractivity contribution in [3.8, 4) is 11.8 Å². The lowest BCUT2D eigenvalue weighted by molar-refractivity contribution is 1.02. The molecule has 264 valence electrons. The number of benzene rings is 6. The highest BCUT2D eigenvalue weighted by Crippen LogP contribution is 2.42. The maximum Gasteiger partial charge on any atom is 0.139 e. The van der Waals surface area contributed by atoms with Crippen LogP contribution in [-0.2, 0) is 6.42 Å². The number of para-hydroxylation sites is 2. The molecule has 2 aromatic heterocycles. The van der Waals surface area contributed by atoms with E-state index in [1.54, 1.807) is 6.07 Å². The summed E-state index contributed by atoms with van der Waals surface area (Å²) in [4.78, 5) is 4.99. The Kier molecular flexibility index (Phi) is 8.06. The first-order chi connectivity index (χ1) is 27.7. The van der Waals surface area contributed by atoms with Gasteiger partial charge in [-0.2, -0.15) is 5.26 Å². The summed E-state index contributed by atoms with van der Waals surface area (Å²) in [5.41, 5.74) is 17.0. The summed E-state index contributed by atoms with van der Waals surface area (Å²) in [7, 11) is 0. The minimum absolute atomic E-state index is 0.276. The SMILES string of the molecule is N#C/C(Cc1cccc2c1c1cc3c(cc1n2-c1ccccc1)c1ccccc1n3C1=CCCC=C1)=C(/N=C(\N)c1c#cccc1)c1ccc2ccccc2c1. The van der Waals surface area contributed by atoms with Gasteiger partial charge >= 0.3 is 0 Å². The van der Waals surface area contributed by atoms with E-state index in [0.717, 1.165) is 67.8 Å². The summed E-state index contributed by atoms with van der Waals surface area (Å²) in [6.45, 7) is 0. The quantitative estimate of drug-likeness (QED) is 0.101. The van der Waals surface area contributed by atoms with Gasteiger partial charge in [-0.05, 0) is 89.9 Å². The fourth-order valence-electron chi connectivity index (χ4n) is 8.34. The molecule has 0 saturated heterocycles. The molecule has 5 nitrogen and oxygen atoms in total. The first-order valence-corrected chi connectivity index (χ1v) is 18.9. The number of rotatable bonds is 7. The van der Waals surface area contributed by atoms with Crippen LogP contribution in [-0.4, -0.2) is 15.0 Å². The molecule has 10 rings (SSSR count). The Morgan fingerprint density at radius 2 is 1.48 bits per heavy atom. The van der Waals surface area contributed by atoms with Gasteiger partial charge < -0.3 is 14.9 Å². The predicted molar refractivity (Wildman–Crippen MR) is 231 cm³/mol. The molecule has 2 N–H and O–H groups in total. The molecular weight excluding hydrogens is 683 g/mol. The summed E-state index contributed by atoms with van der Waals surface area (Å²) in [5, 5.41) is 17.8. The minimum atomic E-state index is 0.276. The molecule has 7 aromatic carbocycles. The first-order valence-electron chi connectivity index (χ1n) is 18.9. The van der Waals surface area contributed by atoms with Crippen LogP contribution in [0.15, 0.2) is 174 Å². The molecule has 1 aliphatic carbocycles. The molecule has 0 fully saturated rings. The van der Waals surface area contributed by atoms with Crippen LogP contribution in [0.2, 0.25) is 0 Å². The van der Waals surface area contributed by atoms with Crippen molar-refractivity contribution in [1.82, 2.24) is 9.13 Å². The highest BCUT2D eigenvalue weighted by molar-refractivity contribution is 6.20. The van der Waals surface area contributed by atoms with Crippen LogP contribution in [0.3, 0.4) is 0 Å². The number of amidine groups is 1. The average molecular weight is 718 g/mol. The van der Waals surface area contributed by atoms with Crippen LogP contribution < -0.4 is 5.73 Å². The zero-order valence-electron chi connectivity index (χ0n) is 30.6. The van der Waals surface area contributed by atoms with E-state index in [1.165, 1.54) is 22.0 Å². The van der Waals surface area contributed by atoms with E-state index in [0.29, 0.717) is 23.3 Å². The van der Waals surface area contributed by atoms with Crippen LogP contribution >= 0.6 is 0 Å². The second-order valence-corrected chi connectivity index (χ2v) is 14.2. The number of aliphatic imine (C=N–C) groups is 1. The van der Waals surface area contributed by atoms with Crippen molar-refractivity contribution in [3.63, 3.8) is 0 Å². The molecule has 5 heteroatoms. The van der Waals surface area contributed by atoms with E-state index in [2.05, 4.69) is 155 Å². The Bertz CT molecular complexity index is 3170. The van der Waals surface area contributed by atoms with E-state index in [9.17, 15) is 5.26 Å². The van der Waals surface area contributed by atoms with Gasteiger partial charge in [-0.1, -0.05) is 115 Å². The van der Waals surface area contributed by atoms with Gasteiger partial charge in [0.25, 0.3) is 0 Å². The smallest absolute Gasteiger partial charge is 0.139 e. The largest absolute Gasteiger partial charge is 0.383 e. The minimum Gasteiger partial charge on any atom is -0.383 e. The predicted octanol–water partition coefficient (Wildman–Crippen LogP) is 11.7. The monoisotopic (exact) mass is 717 g/mol. The average Bonchev–Trinajstić information content (AvgIpc) is 3.77. The molecule has 0 unspecified atom stereocenters. The van der Waals surface area contributed by atoms with Gasteiger partial charge in [0.05, 0.1) is 45.0 Å². The molecule has 0 aliphatic heterocycles. The van der Waals surface area contributed by atoms with Crippen LogP contribution in [0, 0.1) is 23.5 Å². The number of nitrogens with two attached hydrogens (primary N) is 1. The molecule has 0 atom stereocenters. The van der Waals surface area contributed by atoms with Gasteiger partial charge in [-0.15, -0.1) is 0 Å². The van der Waals surface area contributed by atoms with Gasteiger partial charge in [-0.25, -0.2) is 4.99 Å². The van der Waals surface area contributed by atoms with Crippen LogP contribution in [0.5, 0.6) is 0 Å². The number of fused-ring (bicyclic) bond motifs is 7. The number of nitrogens with zero attached hydrogens (tertiary/aromatic N) is 4. The van der Waals surface area contributed by atoms with E-state index in [4.69, 9.17) is 10.7 Å². The topological polar surface area (TPSA) is 72.0 Å². The third-order valence-electron chi connectivity index (χ3n) is 10.9. The van der Waals surface area contributed by atoms with Crippen LogP contribution in [0.4, 0.5) is 0 Å². The second kappa shape index (κ2) is 13.7. The highest BCUT2D eigenvalue weighted by atomic mass is 15.0. The van der Waals surface area contributed by atoms with E-state index < -0.39 is 0 Å². The molecule has 0 bridgehead atoms. The van der Waals surface area contributed by atoms with Gasteiger partial charge in [0.15, 0.2) is 0 Å². The Balaban J connectivity index is 1.26. The van der Waals surface area contributed by atoms with Crippen molar-refractivity contribution >= 4 is 71.6 Å². The third kappa shape index (κ3) is 5.54. The van der Waals surface area contributed by atoms with Crippen molar-refractivity contribution < 1.29 is 0 Å². The molecule has 0 amide bonds. The molecule has 2 heterocycles. The van der Waals surface area contributed by atoms with E-state index in [-0.39, 0.29) is 5.84 Å². The van der Waals surface area contributed by atoms with Gasteiger partial charge in [-0.3, -0.25) is 0 Å². The first kappa shape index (κ1) is 33.0. The lowest BCUT2D eigenvalue weighted by Crippen LogP contribution is -2.13. The van der Waals surface area contributed by atoms with Crippen LogP contribution in [0.25, 0.3) is 71.5 Å². The fraction of sp³-hybridized carbons (Fsp3) is 0.0588. The van der Waals surface area contributed by atoms with Gasteiger partial charge in [0, 0.05) is 44.9 Å². The Morgan fingerprint density at radius 3 is 2.30 bits per heavy atom. The molecule has 0 spiro atoms. The lowest BCUT2D eigenvalue weighted by atomic mass is 9.95. The van der Waals surface area contributed by atoms with Crippen molar-refractivity contribution in [1.29, 1.82) is 5.26 Å². The maximum absolute atomic E-state index is 11.0. The summed E-state index contributed by atoms with van der Waals surface area (Å²) < 4.78 is 4.76. The molecular formula is C51H35N5. The van der Waals surface area contributed by atoms with E-state index >= 15 is 0 Å². The molecule has 0 saturated carbocycles. The number of hydrogen-bond acceptors (Lipinski definition) is 2. The fourth-order valence-corrected chi connectivity index (χ4v) is 8.34.